The number of hydrogen-bond donors (Lipinski definition) is 2. The van der Waals surface area contributed by atoms with Gasteiger partial charge in [-0.3, -0.25) is 0 Å². The highest BCUT2D eigenvalue weighted by atomic mass is 32.2. The number of anilines is 1. The van der Waals surface area contributed by atoms with Gasteiger partial charge in [-0.05, 0) is 6.26 Å². The van der Waals surface area contributed by atoms with E-state index in [4.69, 9.17) is 10.8 Å². The van der Waals surface area contributed by atoms with Crippen molar-refractivity contribution < 1.29 is 9.90 Å². The first-order chi connectivity index (χ1) is 5.65. The summed E-state index contributed by atoms with van der Waals surface area (Å²) in [6.07, 6.45) is 3.06. The van der Waals surface area contributed by atoms with Crippen molar-refractivity contribution in [1.29, 1.82) is 0 Å². The zero-order valence-electron chi connectivity index (χ0n) is 6.31. The van der Waals surface area contributed by atoms with E-state index >= 15 is 0 Å². The third-order valence-electron chi connectivity index (χ3n) is 1.18. The molecule has 1 rings (SSSR count). The van der Waals surface area contributed by atoms with Crippen LogP contribution in [0.3, 0.4) is 0 Å². The Bertz CT molecular complexity index is 316. The Morgan fingerprint density at radius 2 is 2.42 bits per heavy atom. The minimum atomic E-state index is -1.13. The largest absolute Gasteiger partial charge is 0.476 e. The molecular formula is C6H7N3O2S. The van der Waals surface area contributed by atoms with E-state index in [2.05, 4.69) is 9.97 Å². The van der Waals surface area contributed by atoms with Crippen LogP contribution in [0.25, 0.3) is 0 Å². The Labute approximate surface area is 73.0 Å². The number of aromatic carboxylic acids is 1. The fourth-order valence-electron chi connectivity index (χ4n) is 0.645. The summed E-state index contributed by atoms with van der Waals surface area (Å²) >= 11 is 1.27. The maximum atomic E-state index is 10.5. The summed E-state index contributed by atoms with van der Waals surface area (Å²) < 4.78 is 0. The van der Waals surface area contributed by atoms with Crippen LogP contribution in [0, 0.1) is 0 Å². The molecule has 0 saturated carbocycles. The van der Waals surface area contributed by atoms with Gasteiger partial charge in [-0.2, -0.15) is 0 Å². The van der Waals surface area contributed by atoms with Crippen molar-refractivity contribution in [3.63, 3.8) is 0 Å². The molecule has 0 aromatic carbocycles. The Kier molecular flexibility index (Phi) is 2.49. The summed E-state index contributed by atoms with van der Waals surface area (Å²) in [5.74, 6) is -1.13. The van der Waals surface area contributed by atoms with Crippen molar-refractivity contribution in [3.8, 4) is 0 Å². The molecule has 5 nitrogen and oxygen atoms in total. The van der Waals surface area contributed by atoms with Crippen molar-refractivity contribution in [2.75, 3.05) is 12.0 Å². The Balaban J connectivity index is 3.17. The minimum absolute atomic E-state index is 0.0836. The quantitative estimate of drug-likeness (QED) is 0.514. The smallest absolute Gasteiger partial charge is 0.356 e. The van der Waals surface area contributed by atoms with Crippen LogP contribution in [0.1, 0.15) is 10.5 Å². The van der Waals surface area contributed by atoms with Crippen molar-refractivity contribution in [3.05, 3.63) is 11.9 Å². The molecule has 6 heteroatoms. The first-order valence-corrected chi connectivity index (χ1v) is 4.27. The lowest BCUT2D eigenvalue weighted by Gasteiger charge is -1.99. The number of carboxylic acids is 1. The summed E-state index contributed by atoms with van der Waals surface area (Å²) in [6, 6.07) is 0. The van der Waals surface area contributed by atoms with E-state index in [0.717, 1.165) is 0 Å². The highest BCUT2D eigenvalue weighted by Crippen LogP contribution is 2.12. The van der Waals surface area contributed by atoms with E-state index < -0.39 is 5.97 Å². The van der Waals surface area contributed by atoms with Crippen LogP contribution in [0.15, 0.2) is 11.4 Å². The Hall–Kier alpha value is -1.30. The fraction of sp³-hybridized carbons (Fsp3) is 0.167. The van der Waals surface area contributed by atoms with Gasteiger partial charge in [-0.15, -0.1) is 0 Å². The van der Waals surface area contributed by atoms with Crippen LogP contribution in [0.4, 0.5) is 5.69 Å². The molecule has 0 amide bonds. The lowest BCUT2D eigenvalue weighted by molar-refractivity contribution is 0.0690. The highest BCUT2D eigenvalue weighted by Gasteiger charge is 2.10. The molecular weight excluding hydrogens is 178 g/mol. The molecule has 12 heavy (non-hydrogen) atoms. The van der Waals surface area contributed by atoms with Gasteiger partial charge in [-0.25, -0.2) is 14.8 Å². The molecule has 3 N–H and O–H groups in total. The lowest BCUT2D eigenvalue weighted by atomic mass is 10.3. The zero-order chi connectivity index (χ0) is 9.14. The first-order valence-electron chi connectivity index (χ1n) is 3.05. The van der Waals surface area contributed by atoms with E-state index in [9.17, 15) is 4.79 Å². The van der Waals surface area contributed by atoms with Gasteiger partial charge in [0.05, 0.1) is 11.9 Å². The SMILES string of the molecule is CSc1ncc(N)c(C(=O)O)n1. The molecule has 0 atom stereocenters. The number of nitrogens with zero attached hydrogens (tertiary/aromatic N) is 2. The molecule has 0 fully saturated rings. The van der Waals surface area contributed by atoms with Gasteiger partial charge in [0.1, 0.15) is 0 Å². The number of rotatable bonds is 2. The van der Waals surface area contributed by atoms with Crippen molar-refractivity contribution in [1.82, 2.24) is 9.97 Å². The van der Waals surface area contributed by atoms with Crippen LogP contribution < -0.4 is 5.73 Å². The maximum Gasteiger partial charge on any atom is 0.356 e. The van der Waals surface area contributed by atoms with Gasteiger partial charge in [0.2, 0.25) is 0 Å². The molecule has 0 aliphatic heterocycles. The van der Waals surface area contributed by atoms with E-state index in [1.807, 2.05) is 0 Å². The van der Waals surface area contributed by atoms with Crippen LogP contribution in [0.5, 0.6) is 0 Å². The Morgan fingerprint density at radius 3 is 2.92 bits per heavy atom. The number of carboxylic acid groups (broad SMARTS) is 1. The third kappa shape index (κ3) is 1.65. The van der Waals surface area contributed by atoms with Gasteiger partial charge in [0.25, 0.3) is 0 Å². The van der Waals surface area contributed by atoms with Crippen LogP contribution in [-0.2, 0) is 0 Å². The van der Waals surface area contributed by atoms with Gasteiger partial charge in [-0.1, -0.05) is 11.8 Å². The van der Waals surface area contributed by atoms with E-state index in [1.54, 1.807) is 6.26 Å². The fourth-order valence-corrected chi connectivity index (χ4v) is 0.985. The standard InChI is InChI=1S/C6H7N3O2S/c1-12-6-8-2-3(7)4(9-6)5(10)11/h2H,7H2,1H3,(H,10,11). The molecule has 0 unspecified atom stereocenters. The summed E-state index contributed by atoms with van der Waals surface area (Å²) in [4.78, 5) is 18.0. The van der Waals surface area contributed by atoms with Gasteiger partial charge < -0.3 is 10.8 Å². The third-order valence-corrected chi connectivity index (χ3v) is 1.74. The average Bonchev–Trinajstić information content (AvgIpc) is 2.05. The monoisotopic (exact) mass is 185 g/mol. The van der Waals surface area contributed by atoms with Gasteiger partial charge >= 0.3 is 5.97 Å². The van der Waals surface area contributed by atoms with E-state index in [1.165, 1.54) is 18.0 Å². The summed E-state index contributed by atoms with van der Waals surface area (Å²) in [6.45, 7) is 0. The van der Waals surface area contributed by atoms with Crippen LogP contribution in [-0.4, -0.2) is 27.3 Å². The molecule has 1 aromatic heterocycles. The predicted molar refractivity (Wildman–Crippen MR) is 45.2 cm³/mol. The molecule has 0 aliphatic carbocycles. The van der Waals surface area contributed by atoms with Crippen LogP contribution in [0.2, 0.25) is 0 Å². The second-order valence-corrected chi connectivity index (χ2v) is 2.74. The normalized spacial score (nSPS) is 9.75. The molecule has 1 heterocycles. The lowest BCUT2D eigenvalue weighted by Crippen LogP contribution is -2.07. The van der Waals surface area contributed by atoms with Crippen molar-refractivity contribution in [2.24, 2.45) is 0 Å². The second kappa shape index (κ2) is 3.40. The molecule has 0 bridgehead atoms. The van der Waals surface area contributed by atoms with Crippen LogP contribution >= 0.6 is 11.8 Å². The number of carbonyl (C=O) groups is 1. The number of nitrogens with two attached hydrogens (primary N) is 1. The zero-order valence-corrected chi connectivity index (χ0v) is 7.13. The van der Waals surface area contributed by atoms with Gasteiger partial charge in [0, 0.05) is 0 Å². The van der Waals surface area contributed by atoms with Crippen molar-refractivity contribution in [2.45, 2.75) is 5.16 Å². The predicted octanol–water partition coefficient (Wildman–Crippen LogP) is 0.479. The molecule has 64 valence electrons. The van der Waals surface area contributed by atoms with Crippen molar-refractivity contribution >= 4 is 23.4 Å². The number of hydrogen-bond acceptors (Lipinski definition) is 5. The van der Waals surface area contributed by atoms with E-state index in [0.29, 0.717) is 5.16 Å². The summed E-state index contributed by atoms with van der Waals surface area (Å²) in [7, 11) is 0. The molecule has 0 aliphatic rings. The molecule has 0 radical (unpaired) electrons. The Morgan fingerprint density at radius 1 is 1.75 bits per heavy atom. The van der Waals surface area contributed by atoms with E-state index in [-0.39, 0.29) is 11.4 Å². The maximum absolute atomic E-state index is 10.5. The first kappa shape index (κ1) is 8.79. The minimum Gasteiger partial charge on any atom is -0.476 e. The number of thioether (sulfide) groups is 1. The number of aromatic nitrogens is 2. The second-order valence-electron chi connectivity index (χ2n) is 1.97. The highest BCUT2D eigenvalue weighted by molar-refractivity contribution is 7.98. The summed E-state index contributed by atoms with van der Waals surface area (Å²) in [5.41, 5.74) is 5.27. The molecule has 0 spiro atoms. The molecule has 1 aromatic rings. The van der Waals surface area contributed by atoms with Gasteiger partial charge in [0.15, 0.2) is 10.9 Å². The topological polar surface area (TPSA) is 89.1 Å². The number of nitrogen functional groups attached to an aromatic ring is 1. The summed E-state index contributed by atoms with van der Waals surface area (Å²) in [5, 5.41) is 9.01. The molecule has 0 saturated heterocycles. The average molecular weight is 185 g/mol.